The van der Waals surface area contributed by atoms with Gasteiger partial charge in [-0.1, -0.05) is 19.6 Å². The summed E-state index contributed by atoms with van der Waals surface area (Å²) in [5.74, 6) is 0.670. The normalized spacial score (nSPS) is 12.1. The molecule has 3 aromatic rings. The van der Waals surface area contributed by atoms with Gasteiger partial charge in [0, 0.05) is 38.7 Å². The third-order valence-corrected chi connectivity index (χ3v) is 5.19. The van der Waals surface area contributed by atoms with Crippen molar-refractivity contribution in [3.8, 4) is 11.4 Å². The highest BCUT2D eigenvalue weighted by Gasteiger charge is 2.12. The average Bonchev–Trinajstić information content (AvgIpc) is 3.12. The molecule has 0 saturated carbocycles. The number of ether oxygens (including phenoxy) is 1. The number of hydrogen-bond acceptors (Lipinski definition) is 4. The number of hydrogen-bond donors (Lipinski definition) is 1. The van der Waals surface area contributed by atoms with Crippen LogP contribution in [0.1, 0.15) is 0 Å². The highest BCUT2D eigenvalue weighted by atomic mass is 28.3. The second-order valence-corrected chi connectivity index (χ2v) is 12.2. The zero-order valence-corrected chi connectivity index (χ0v) is 14.2. The summed E-state index contributed by atoms with van der Waals surface area (Å²) in [6, 6.07) is 3.18. The summed E-state index contributed by atoms with van der Waals surface area (Å²) in [5, 5.41) is 7.74. The van der Waals surface area contributed by atoms with E-state index >= 15 is 0 Å². The minimum Gasteiger partial charge on any atom is -0.361 e. The second-order valence-electron chi connectivity index (χ2n) is 6.59. The molecule has 3 heterocycles. The molecule has 6 nitrogen and oxygen atoms in total. The van der Waals surface area contributed by atoms with Crippen LogP contribution in [0.4, 0.5) is 0 Å². The van der Waals surface area contributed by atoms with Crippen molar-refractivity contribution in [3.05, 3.63) is 30.9 Å². The van der Waals surface area contributed by atoms with Crippen LogP contribution < -0.4 is 0 Å². The van der Waals surface area contributed by atoms with Crippen molar-refractivity contribution < 1.29 is 4.74 Å². The van der Waals surface area contributed by atoms with Crippen molar-refractivity contribution in [1.82, 2.24) is 24.7 Å². The summed E-state index contributed by atoms with van der Waals surface area (Å²) in [6.45, 7) is 8.38. The van der Waals surface area contributed by atoms with Crippen LogP contribution in [0.25, 0.3) is 22.4 Å². The van der Waals surface area contributed by atoms with E-state index in [1.165, 1.54) is 6.04 Å². The summed E-state index contributed by atoms with van der Waals surface area (Å²) in [4.78, 5) is 9.00. The van der Waals surface area contributed by atoms with E-state index in [-0.39, 0.29) is 0 Å². The lowest BCUT2D eigenvalue weighted by Crippen LogP contribution is -2.22. The Morgan fingerprint density at radius 3 is 2.86 bits per heavy atom. The molecule has 7 heteroatoms. The Kier molecular flexibility index (Phi) is 4.08. The molecule has 0 aromatic carbocycles. The van der Waals surface area contributed by atoms with E-state index in [0.717, 1.165) is 23.2 Å². The maximum atomic E-state index is 5.81. The van der Waals surface area contributed by atoms with Gasteiger partial charge in [0.15, 0.2) is 5.82 Å². The highest BCUT2D eigenvalue weighted by molar-refractivity contribution is 6.76. The van der Waals surface area contributed by atoms with Crippen LogP contribution in [0.2, 0.25) is 25.7 Å². The number of nitrogens with one attached hydrogen (secondary N) is 1. The molecule has 0 amide bonds. The van der Waals surface area contributed by atoms with Gasteiger partial charge in [-0.05, 0) is 12.1 Å². The molecule has 22 heavy (non-hydrogen) atoms. The minimum absolute atomic E-state index is 0.524. The predicted molar refractivity (Wildman–Crippen MR) is 89.2 cm³/mol. The monoisotopic (exact) mass is 315 g/mol. The van der Waals surface area contributed by atoms with Crippen molar-refractivity contribution >= 4 is 19.1 Å². The third-order valence-electron chi connectivity index (χ3n) is 3.49. The fourth-order valence-electron chi connectivity index (χ4n) is 2.13. The molecule has 0 unspecified atom stereocenters. The maximum Gasteiger partial charge on any atom is 0.164 e. The number of H-pyrrole nitrogens is 1. The quantitative estimate of drug-likeness (QED) is 0.560. The van der Waals surface area contributed by atoms with Gasteiger partial charge in [-0.15, -0.1) is 0 Å². The SMILES string of the molecule is C[Si](C)(C)CCOCn1ccc2cnc(-c3cn[nH]c3)nc21. The molecule has 3 rings (SSSR count). The van der Waals surface area contributed by atoms with Gasteiger partial charge < -0.3 is 9.30 Å². The Bertz CT molecular complexity index is 745. The zero-order valence-electron chi connectivity index (χ0n) is 13.2. The van der Waals surface area contributed by atoms with Gasteiger partial charge >= 0.3 is 0 Å². The van der Waals surface area contributed by atoms with Crippen molar-refractivity contribution in [1.29, 1.82) is 0 Å². The van der Waals surface area contributed by atoms with Crippen LogP contribution in [0, 0.1) is 0 Å². The van der Waals surface area contributed by atoms with Gasteiger partial charge in [0.2, 0.25) is 0 Å². The maximum absolute atomic E-state index is 5.81. The first-order valence-electron chi connectivity index (χ1n) is 7.42. The summed E-state index contributed by atoms with van der Waals surface area (Å²) in [5.41, 5.74) is 1.77. The zero-order chi connectivity index (χ0) is 15.6. The number of nitrogens with zero attached hydrogens (tertiary/aromatic N) is 4. The Hall–Kier alpha value is -1.99. The molecular formula is C15H21N5OSi. The molecule has 0 aliphatic rings. The van der Waals surface area contributed by atoms with Gasteiger partial charge in [0.1, 0.15) is 12.4 Å². The van der Waals surface area contributed by atoms with Gasteiger partial charge in [0.25, 0.3) is 0 Å². The van der Waals surface area contributed by atoms with Crippen LogP contribution in [0.5, 0.6) is 0 Å². The van der Waals surface area contributed by atoms with Crippen LogP contribution in [0.3, 0.4) is 0 Å². The van der Waals surface area contributed by atoms with Crippen LogP contribution >= 0.6 is 0 Å². The molecule has 0 atom stereocenters. The van der Waals surface area contributed by atoms with E-state index in [1.54, 1.807) is 12.4 Å². The summed E-state index contributed by atoms with van der Waals surface area (Å²) < 4.78 is 7.83. The third kappa shape index (κ3) is 3.42. The lowest BCUT2D eigenvalue weighted by atomic mass is 10.3. The largest absolute Gasteiger partial charge is 0.361 e. The van der Waals surface area contributed by atoms with Crippen molar-refractivity contribution in [2.75, 3.05) is 6.61 Å². The summed E-state index contributed by atoms with van der Waals surface area (Å²) in [6.07, 6.45) is 7.34. The predicted octanol–water partition coefficient (Wildman–Crippen LogP) is 3.13. The average molecular weight is 315 g/mol. The molecule has 1 N–H and O–H groups in total. The van der Waals surface area contributed by atoms with Gasteiger partial charge in [0.05, 0.1) is 11.8 Å². The van der Waals surface area contributed by atoms with E-state index in [4.69, 9.17) is 4.74 Å². The molecule has 0 aliphatic heterocycles. The van der Waals surface area contributed by atoms with Crippen LogP contribution in [-0.2, 0) is 11.5 Å². The first-order valence-corrected chi connectivity index (χ1v) is 11.1. The Morgan fingerprint density at radius 1 is 1.27 bits per heavy atom. The van der Waals surface area contributed by atoms with E-state index < -0.39 is 8.07 Å². The van der Waals surface area contributed by atoms with Crippen LogP contribution in [-0.4, -0.2) is 39.4 Å². The smallest absolute Gasteiger partial charge is 0.164 e. The van der Waals surface area contributed by atoms with Crippen molar-refractivity contribution in [2.24, 2.45) is 0 Å². The Labute approximate surface area is 130 Å². The second kappa shape index (κ2) is 6.02. The summed E-state index contributed by atoms with van der Waals surface area (Å²) >= 11 is 0. The van der Waals surface area contributed by atoms with E-state index in [1.807, 2.05) is 23.0 Å². The van der Waals surface area contributed by atoms with Gasteiger partial charge in [-0.3, -0.25) is 5.10 Å². The molecule has 3 aromatic heterocycles. The fourth-order valence-corrected chi connectivity index (χ4v) is 2.89. The molecule has 0 fully saturated rings. The molecule has 0 bridgehead atoms. The fraction of sp³-hybridized carbons (Fsp3) is 0.400. The van der Waals surface area contributed by atoms with E-state index in [0.29, 0.717) is 12.6 Å². The van der Waals surface area contributed by atoms with Crippen LogP contribution in [0.15, 0.2) is 30.9 Å². The summed E-state index contributed by atoms with van der Waals surface area (Å²) in [7, 11) is -1.05. The molecular weight excluding hydrogens is 294 g/mol. The van der Waals surface area contributed by atoms with Gasteiger partial charge in [-0.2, -0.15) is 5.10 Å². The first-order chi connectivity index (χ1) is 10.5. The molecule has 116 valence electrons. The number of aromatic nitrogens is 5. The van der Waals surface area contributed by atoms with E-state index in [9.17, 15) is 0 Å². The standard InChI is InChI=1S/C15H21N5OSi/c1-22(2,3)7-6-21-11-20-5-4-12-8-16-14(19-15(12)20)13-9-17-18-10-13/h4-5,8-10H,6-7,11H2,1-3H3,(H,17,18). The Morgan fingerprint density at radius 2 is 2.14 bits per heavy atom. The number of aromatic amines is 1. The van der Waals surface area contributed by atoms with E-state index in [2.05, 4.69) is 39.8 Å². The molecule has 0 saturated heterocycles. The van der Waals surface area contributed by atoms with Gasteiger partial charge in [-0.25, -0.2) is 9.97 Å². The lowest BCUT2D eigenvalue weighted by Gasteiger charge is -2.15. The van der Waals surface area contributed by atoms with Crippen molar-refractivity contribution in [2.45, 2.75) is 32.4 Å². The molecule has 0 aliphatic carbocycles. The molecule has 0 spiro atoms. The van der Waals surface area contributed by atoms with Crippen molar-refractivity contribution in [3.63, 3.8) is 0 Å². The minimum atomic E-state index is -1.05. The first kappa shape index (κ1) is 14.9. The Balaban J connectivity index is 1.74. The lowest BCUT2D eigenvalue weighted by molar-refractivity contribution is 0.0899. The molecule has 0 radical (unpaired) electrons. The number of fused-ring (bicyclic) bond motifs is 1. The highest BCUT2D eigenvalue weighted by Crippen LogP contribution is 2.18. The topological polar surface area (TPSA) is 68.6 Å². The number of rotatable bonds is 6.